The average molecular weight is 399 g/mol. The summed E-state index contributed by atoms with van der Waals surface area (Å²) in [7, 11) is 0. The molecule has 0 saturated heterocycles. The van der Waals surface area contributed by atoms with Gasteiger partial charge in [0, 0.05) is 17.9 Å². The molecule has 1 saturated carbocycles. The van der Waals surface area contributed by atoms with Gasteiger partial charge in [-0.05, 0) is 31.4 Å². The van der Waals surface area contributed by atoms with Gasteiger partial charge in [0.2, 0.25) is 0 Å². The van der Waals surface area contributed by atoms with E-state index >= 15 is 0 Å². The molecule has 1 aliphatic rings. The lowest BCUT2D eigenvalue weighted by atomic mass is 10.00. The Balaban J connectivity index is 0.000000267. The highest BCUT2D eigenvalue weighted by Crippen LogP contribution is 2.12. The Kier molecular flexibility index (Phi) is 12.3. The van der Waals surface area contributed by atoms with Crippen LogP contribution in [0, 0.1) is 6.92 Å². The molecular weight excluding hydrogens is 379 g/mol. The molecule has 0 N–H and O–H groups in total. The van der Waals surface area contributed by atoms with Crippen LogP contribution >= 0.6 is 43.5 Å². The van der Waals surface area contributed by atoms with E-state index in [1.54, 1.807) is 0 Å². The molecule has 18 heavy (non-hydrogen) atoms. The molecule has 1 fully saturated rings. The molecule has 0 spiro atoms. The van der Waals surface area contributed by atoms with Crippen molar-refractivity contribution in [2.24, 2.45) is 0 Å². The molecule has 0 aromatic heterocycles. The van der Waals surface area contributed by atoms with Crippen LogP contribution in [0.4, 0.5) is 0 Å². The lowest BCUT2D eigenvalue weighted by Gasteiger charge is -2.05. The smallest absolute Gasteiger partial charge is 0.132 e. The van der Waals surface area contributed by atoms with Crippen LogP contribution in [0.2, 0.25) is 5.02 Å². The first-order valence-electron chi connectivity index (χ1n) is 5.96. The van der Waals surface area contributed by atoms with Crippen molar-refractivity contribution in [2.45, 2.75) is 39.0 Å². The summed E-state index contributed by atoms with van der Waals surface area (Å²) in [6.07, 6.45) is 5.24. The Morgan fingerprint density at radius 2 is 1.61 bits per heavy atom. The van der Waals surface area contributed by atoms with E-state index in [9.17, 15) is 4.79 Å². The van der Waals surface area contributed by atoms with Gasteiger partial charge in [0.1, 0.15) is 5.78 Å². The number of halogens is 3. The zero-order valence-corrected chi connectivity index (χ0v) is 14.5. The summed E-state index contributed by atoms with van der Waals surface area (Å²) >= 11 is 11.8. The van der Waals surface area contributed by atoms with E-state index < -0.39 is 0 Å². The van der Waals surface area contributed by atoms with Crippen molar-refractivity contribution in [1.82, 2.24) is 0 Å². The highest BCUT2D eigenvalue weighted by atomic mass is 79.9. The largest absolute Gasteiger partial charge is 0.300 e. The molecule has 1 aliphatic carbocycles. The Hall–Kier alpha value is 0.140. The topological polar surface area (TPSA) is 17.1 Å². The number of rotatable bonds is 0. The molecule has 0 amide bonds. The van der Waals surface area contributed by atoms with E-state index in [0.29, 0.717) is 5.78 Å². The number of ketones is 1. The molecule has 1 nitrogen and oxygen atoms in total. The van der Waals surface area contributed by atoms with Crippen molar-refractivity contribution in [2.75, 3.05) is 4.24 Å². The molecule has 4 heteroatoms. The standard InChI is InChI=1S/C7H7Cl.C6H10O.CH2Br2/c1-6-4-2-3-5-7(6)8;7-6-4-2-1-3-5-6;2-1-3/h2-5H,1H3;1-5H2;1H2. The maximum absolute atomic E-state index is 10.5. The van der Waals surface area contributed by atoms with E-state index in [1.807, 2.05) is 31.2 Å². The third kappa shape index (κ3) is 10.1. The van der Waals surface area contributed by atoms with E-state index in [2.05, 4.69) is 31.9 Å². The number of hydrogen-bond acceptors (Lipinski definition) is 1. The van der Waals surface area contributed by atoms with Gasteiger partial charge >= 0.3 is 0 Å². The number of aryl methyl sites for hydroxylation is 1. The quantitative estimate of drug-likeness (QED) is 0.497. The maximum Gasteiger partial charge on any atom is 0.132 e. The lowest BCUT2D eigenvalue weighted by molar-refractivity contribution is -0.120. The van der Waals surface area contributed by atoms with Gasteiger partial charge in [-0.25, -0.2) is 0 Å². The van der Waals surface area contributed by atoms with Gasteiger partial charge in [0.05, 0.1) is 4.24 Å². The van der Waals surface area contributed by atoms with E-state index in [-0.39, 0.29) is 0 Å². The van der Waals surface area contributed by atoms with Crippen molar-refractivity contribution in [3.63, 3.8) is 0 Å². The minimum absolute atomic E-state index is 0.464. The summed E-state index contributed by atoms with van der Waals surface area (Å²) < 4.78 is 0.875. The average Bonchev–Trinajstić information content (AvgIpc) is 2.36. The summed E-state index contributed by atoms with van der Waals surface area (Å²) in [5.41, 5.74) is 1.13. The molecule has 0 unspecified atom stereocenters. The second-order valence-electron chi connectivity index (χ2n) is 3.95. The summed E-state index contributed by atoms with van der Waals surface area (Å²) in [6.45, 7) is 1.99. The molecule has 2 rings (SSSR count). The van der Waals surface area contributed by atoms with Crippen LogP contribution in [0.15, 0.2) is 24.3 Å². The number of benzene rings is 1. The minimum atomic E-state index is 0.464. The zero-order chi connectivity index (χ0) is 13.8. The molecule has 1 aromatic rings. The van der Waals surface area contributed by atoms with Crippen LogP contribution < -0.4 is 0 Å². The van der Waals surface area contributed by atoms with Gasteiger partial charge < -0.3 is 0 Å². The monoisotopic (exact) mass is 396 g/mol. The molecule has 102 valence electrons. The Morgan fingerprint density at radius 3 is 1.89 bits per heavy atom. The SMILES string of the molecule is BrCBr.Cc1ccccc1Cl.O=C1CCCCC1. The van der Waals surface area contributed by atoms with E-state index in [1.165, 1.54) is 6.42 Å². The summed E-state index contributed by atoms with van der Waals surface area (Å²) in [6, 6.07) is 7.77. The third-order valence-corrected chi connectivity index (χ3v) is 2.91. The maximum atomic E-state index is 10.5. The minimum Gasteiger partial charge on any atom is -0.300 e. The van der Waals surface area contributed by atoms with Crippen molar-refractivity contribution in [3.8, 4) is 0 Å². The Bertz CT molecular complexity index is 313. The van der Waals surface area contributed by atoms with Crippen molar-refractivity contribution in [3.05, 3.63) is 34.9 Å². The van der Waals surface area contributed by atoms with Crippen LogP contribution in [0.3, 0.4) is 0 Å². The van der Waals surface area contributed by atoms with Crippen LogP contribution in [0.1, 0.15) is 37.7 Å². The first kappa shape index (κ1) is 18.1. The summed E-state index contributed by atoms with van der Waals surface area (Å²) in [4.78, 5) is 10.5. The first-order chi connectivity index (χ1) is 8.61. The normalized spacial score (nSPS) is 13.9. The molecule has 1 aromatic carbocycles. The fraction of sp³-hybridized carbons (Fsp3) is 0.500. The van der Waals surface area contributed by atoms with E-state index in [0.717, 1.165) is 40.5 Å². The number of Topliss-reactive ketones (excluding diaryl/α,β-unsaturated/α-hetero) is 1. The third-order valence-electron chi connectivity index (χ3n) is 2.49. The summed E-state index contributed by atoms with van der Waals surface area (Å²) in [5.74, 6) is 0.464. The fourth-order valence-electron chi connectivity index (χ4n) is 1.50. The molecule has 0 atom stereocenters. The van der Waals surface area contributed by atoms with Crippen molar-refractivity contribution in [1.29, 1.82) is 0 Å². The second kappa shape index (κ2) is 12.2. The molecular formula is C14H19Br2ClO. The molecule has 0 radical (unpaired) electrons. The highest BCUT2D eigenvalue weighted by Gasteiger charge is 2.05. The number of alkyl halides is 2. The summed E-state index contributed by atoms with van der Waals surface area (Å²) in [5, 5.41) is 0.840. The predicted molar refractivity (Wildman–Crippen MR) is 87.0 cm³/mol. The van der Waals surface area contributed by atoms with Gasteiger partial charge in [-0.15, -0.1) is 0 Å². The lowest BCUT2D eigenvalue weighted by Crippen LogP contribution is -2.02. The van der Waals surface area contributed by atoms with Gasteiger partial charge in [0.25, 0.3) is 0 Å². The molecule has 0 aliphatic heterocycles. The van der Waals surface area contributed by atoms with Crippen molar-refractivity contribution >= 4 is 49.2 Å². The highest BCUT2D eigenvalue weighted by molar-refractivity contribution is 9.24. The fourth-order valence-corrected chi connectivity index (χ4v) is 1.63. The van der Waals surface area contributed by atoms with Gasteiger partial charge in [-0.3, -0.25) is 4.79 Å². The molecule has 0 bridgehead atoms. The predicted octanol–water partition coefficient (Wildman–Crippen LogP) is 5.90. The Labute approximate surface area is 132 Å². The van der Waals surface area contributed by atoms with Crippen LogP contribution in [0.5, 0.6) is 0 Å². The van der Waals surface area contributed by atoms with Crippen LogP contribution in [0.25, 0.3) is 0 Å². The van der Waals surface area contributed by atoms with Crippen LogP contribution in [-0.2, 0) is 4.79 Å². The number of carbonyl (C=O) groups excluding carboxylic acids is 1. The number of carbonyl (C=O) groups is 1. The van der Waals surface area contributed by atoms with E-state index in [4.69, 9.17) is 11.6 Å². The Morgan fingerprint density at radius 1 is 1.11 bits per heavy atom. The van der Waals surface area contributed by atoms with Gasteiger partial charge in [-0.2, -0.15) is 0 Å². The molecule has 0 heterocycles. The zero-order valence-electron chi connectivity index (χ0n) is 10.6. The van der Waals surface area contributed by atoms with Gasteiger partial charge in [-0.1, -0.05) is 68.1 Å². The number of hydrogen-bond donors (Lipinski definition) is 0. The second-order valence-corrected chi connectivity index (χ2v) is 6.98. The van der Waals surface area contributed by atoms with Crippen molar-refractivity contribution < 1.29 is 4.79 Å². The van der Waals surface area contributed by atoms with Gasteiger partial charge in [0.15, 0.2) is 0 Å². The van der Waals surface area contributed by atoms with Crippen LogP contribution in [-0.4, -0.2) is 10.0 Å². The first-order valence-corrected chi connectivity index (χ1v) is 8.58.